The minimum Gasteiger partial charge on any atom is -0.368 e. The lowest BCUT2D eigenvalue weighted by Crippen LogP contribution is -2.59. The predicted molar refractivity (Wildman–Crippen MR) is 110 cm³/mol. The summed E-state index contributed by atoms with van der Waals surface area (Å²) in [5.74, 6) is 0.0105. The van der Waals surface area contributed by atoms with Crippen LogP contribution in [-0.4, -0.2) is 31.5 Å². The van der Waals surface area contributed by atoms with Gasteiger partial charge in [0.05, 0.1) is 22.9 Å². The molecule has 5 nitrogen and oxygen atoms in total. The maximum absolute atomic E-state index is 12.9. The van der Waals surface area contributed by atoms with Gasteiger partial charge in [0.1, 0.15) is 11.7 Å². The molecule has 4 atom stereocenters. The number of ether oxygens (including phenoxy) is 1. The Morgan fingerprint density at radius 1 is 1.03 bits per heavy atom. The molecule has 2 fully saturated rings. The number of hydrogen-bond donors (Lipinski definition) is 0. The van der Waals surface area contributed by atoms with Gasteiger partial charge in [-0.25, -0.2) is 18.2 Å². The van der Waals surface area contributed by atoms with Gasteiger partial charge in [0.2, 0.25) is 0 Å². The molecule has 1 aliphatic heterocycles. The summed E-state index contributed by atoms with van der Waals surface area (Å²) in [4.78, 5) is 11.9. The van der Waals surface area contributed by atoms with Crippen molar-refractivity contribution in [2.24, 2.45) is 5.92 Å². The summed E-state index contributed by atoms with van der Waals surface area (Å²) in [6.45, 7) is 4.42. The summed E-state index contributed by atoms with van der Waals surface area (Å²) in [6, 6.07) is 18.6. The zero-order chi connectivity index (χ0) is 20.5. The van der Waals surface area contributed by atoms with E-state index in [1.165, 1.54) is 0 Å². The summed E-state index contributed by atoms with van der Waals surface area (Å²) >= 11 is 0. The number of hydrogen-bond acceptors (Lipinski definition) is 5. The van der Waals surface area contributed by atoms with Crippen molar-refractivity contribution >= 4 is 9.84 Å². The highest BCUT2D eigenvalue weighted by Crippen LogP contribution is 2.47. The van der Waals surface area contributed by atoms with Crippen molar-refractivity contribution in [3.63, 3.8) is 0 Å². The van der Waals surface area contributed by atoms with Crippen molar-refractivity contribution in [3.05, 3.63) is 66.2 Å². The summed E-state index contributed by atoms with van der Waals surface area (Å²) in [7, 11) is -3.47. The fraction of sp³-hybridized carbons (Fsp3) is 0.478. The van der Waals surface area contributed by atoms with Gasteiger partial charge >= 0.3 is 0 Å². The van der Waals surface area contributed by atoms with Crippen LogP contribution in [0, 0.1) is 5.92 Å². The highest BCUT2D eigenvalue weighted by molar-refractivity contribution is 7.91. The molecule has 1 saturated heterocycles. The van der Waals surface area contributed by atoms with E-state index in [4.69, 9.17) is 14.5 Å². The van der Waals surface area contributed by atoms with Crippen molar-refractivity contribution in [3.8, 4) is 0 Å². The maximum atomic E-state index is 12.9. The van der Waals surface area contributed by atoms with E-state index in [9.17, 15) is 8.42 Å². The van der Waals surface area contributed by atoms with Gasteiger partial charge in [0.15, 0.2) is 9.84 Å². The highest BCUT2D eigenvalue weighted by Gasteiger charge is 2.54. The van der Waals surface area contributed by atoms with Gasteiger partial charge in [-0.1, -0.05) is 48.5 Å². The van der Waals surface area contributed by atoms with Gasteiger partial charge in [-0.2, -0.15) is 0 Å². The third-order valence-electron chi connectivity index (χ3n) is 6.38. The Kier molecular flexibility index (Phi) is 5.55. The van der Waals surface area contributed by atoms with Crippen molar-refractivity contribution < 1.29 is 22.9 Å². The molecule has 1 heterocycles. The topological polar surface area (TPSA) is 61.8 Å². The lowest BCUT2D eigenvalue weighted by molar-refractivity contribution is -0.444. The molecule has 0 spiro atoms. The second kappa shape index (κ2) is 7.84. The molecule has 0 N–H and O–H groups in total. The molecule has 0 aromatic heterocycles. The second-order valence-electron chi connectivity index (χ2n) is 8.61. The van der Waals surface area contributed by atoms with Crippen LogP contribution in [0.4, 0.5) is 0 Å². The lowest BCUT2D eigenvalue weighted by Gasteiger charge is -2.52. The number of fused-ring (bicyclic) bond motifs is 2. The molecule has 2 aromatic carbocycles. The summed E-state index contributed by atoms with van der Waals surface area (Å²) < 4.78 is 32.0. The van der Waals surface area contributed by atoms with E-state index < -0.39 is 21.0 Å². The van der Waals surface area contributed by atoms with E-state index in [0.717, 1.165) is 24.8 Å². The predicted octanol–water partition coefficient (Wildman–Crippen LogP) is 4.33. The molecule has 4 rings (SSSR count). The molecule has 1 aliphatic carbocycles. The molecule has 2 bridgehead atoms. The van der Waals surface area contributed by atoms with E-state index in [1.54, 1.807) is 24.3 Å². The van der Waals surface area contributed by atoms with Crippen LogP contribution >= 0.6 is 0 Å². The average Bonchev–Trinajstić information content (AvgIpc) is 2.72. The normalized spacial score (nSPS) is 32.1. The van der Waals surface area contributed by atoms with Crippen molar-refractivity contribution in [1.29, 1.82) is 0 Å². The second-order valence-corrected chi connectivity index (χ2v) is 10.6. The number of sulfone groups is 1. The van der Waals surface area contributed by atoms with Crippen molar-refractivity contribution in [2.75, 3.05) is 5.75 Å². The quantitative estimate of drug-likeness (QED) is 0.656. The Hall–Kier alpha value is -1.73. The summed E-state index contributed by atoms with van der Waals surface area (Å²) in [5, 5.41) is 0. The van der Waals surface area contributed by atoms with Gasteiger partial charge in [-0.3, -0.25) is 0 Å². The molecular formula is C23H28O5S. The molecule has 0 amide bonds. The van der Waals surface area contributed by atoms with Crippen LogP contribution in [-0.2, 0) is 31.0 Å². The largest absolute Gasteiger partial charge is 0.368 e. The van der Waals surface area contributed by atoms with Crippen LogP contribution in [0.2, 0.25) is 0 Å². The fourth-order valence-corrected chi connectivity index (χ4v) is 6.17. The van der Waals surface area contributed by atoms with Gasteiger partial charge in [-0.05, 0) is 56.7 Å². The first-order valence-electron chi connectivity index (χ1n) is 10.1. The minimum absolute atomic E-state index is 0.0943. The first-order valence-corrected chi connectivity index (χ1v) is 11.8. The number of rotatable bonds is 6. The Morgan fingerprint density at radius 3 is 2.38 bits per heavy atom. The van der Waals surface area contributed by atoms with Gasteiger partial charge in [0.25, 0.3) is 0 Å². The fourth-order valence-electron chi connectivity index (χ4n) is 4.40. The van der Waals surface area contributed by atoms with Crippen LogP contribution in [0.25, 0.3) is 0 Å². The molecule has 3 unspecified atom stereocenters. The smallest absolute Gasteiger partial charge is 0.181 e. The Balaban J connectivity index is 1.43. The van der Waals surface area contributed by atoms with Crippen LogP contribution in [0.3, 0.4) is 0 Å². The third-order valence-corrected chi connectivity index (χ3v) is 8.32. The Morgan fingerprint density at radius 2 is 1.69 bits per heavy atom. The summed E-state index contributed by atoms with van der Waals surface area (Å²) in [6.07, 6.45) is 2.16. The number of benzene rings is 2. The highest BCUT2D eigenvalue weighted by atomic mass is 32.2. The lowest BCUT2D eigenvalue weighted by atomic mass is 9.71. The maximum Gasteiger partial charge on any atom is 0.181 e. The van der Waals surface area contributed by atoms with E-state index >= 15 is 0 Å². The molecule has 0 radical (unpaired) electrons. The summed E-state index contributed by atoms with van der Waals surface area (Å²) in [5.41, 5.74) is -0.205. The van der Waals surface area contributed by atoms with Gasteiger partial charge in [-0.15, -0.1) is 0 Å². The molecule has 2 aliphatic rings. The first kappa shape index (κ1) is 20.5. The van der Waals surface area contributed by atoms with Crippen LogP contribution in [0.15, 0.2) is 65.6 Å². The monoisotopic (exact) mass is 416 g/mol. The molecule has 6 heteroatoms. The van der Waals surface area contributed by atoms with Crippen molar-refractivity contribution in [1.82, 2.24) is 0 Å². The van der Waals surface area contributed by atoms with Gasteiger partial charge in [0, 0.05) is 0 Å². The molecule has 2 aromatic rings. The van der Waals surface area contributed by atoms with Crippen LogP contribution in [0.5, 0.6) is 0 Å². The van der Waals surface area contributed by atoms with Crippen LogP contribution in [0.1, 0.15) is 38.7 Å². The Labute approximate surface area is 172 Å². The SMILES string of the molecule is CC1(OCc2ccccc2)CCC2CC1OO[C@@]2(C)CS(=O)(=O)c1ccccc1. The zero-order valence-corrected chi connectivity index (χ0v) is 17.7. The van der Waals surface area contributed by atoms with E-state index in [2.05, 4.69) is 6.92 Å². The minimum atomic E-state index is -3.47. The average molecular weight is 417 g/mol. The Bertz CT molecular complexity index is 930. The first-order chi connectivity index (χ1) is 13.8. The molecular weight excluding hydrogens is 388 g/mol. The zero-order valence-electron chi connectivity index (χ0n) is 16.9. The standard InChI is InChI=1S/C23H28O5S/c1-22(26-16-18-9-5-3-6-10-18)14-13-19-15-21(22)27-28-23(19,2)17-29(24,25)20-11-7-4-8-12-20/h3-12,19,21H,13-17H2,1-2H3/t19?,21?,22?,23-/m0/s1. The van der Waals surface area contributed by atoms with E-state index in [1.807, 2.05) is 43.3 Å². The third kappa shape index (κ3) is 4.26. The van der Waals surface area contributed by atoms with E-state index in [-0.39, 0.29) is 17.8 Å². The van der Waals surface area contributed by atoms with E-state index in [0.29, 0.717) is 11.5 Å². The molecule has 1 saturated carbocycles. The molecule has 156 valence electrons. The van der Waals surface area contributed by atoms with Crippen molar-refractivity contribution in [2.45, 2.75) is 61.9 Å². The molecule has 29 heavy (non-hydrogen) atoms. The van der Waals surface area contributed by atoms with Gasteiger partial charge < -0.3 is 4.74 Å². The van der Waals surface area contributed by atoms with Crippen LogP contribution < -0.4 is 0 Å².